The van der Waals surface area contributed by atoms with E-state index >= 15 is 0 Å². The highest BCUT2D eigenvalue weighted by molar-refractivity contribution is 5.92. The lowest BCUT2D eigenvalue weighted by Gasteiger charge is -2.32. The Bertz CT molecular complexity index is 403. The highest BCUT2D eigenvalue weighted by Crippen LogP contribution is 2.30. The topological polar surface area (TPSA) is 20.3 Å². The number of hydrogen-bond donors (Lipinski definition) is 0. The lowest BCUT2D eigenvalue weighted by atomic mass is 9.94. The summed E-state index contributed by atoms with van der Waals surface area (Å²) in [5.41, 5.74) is 1.80. The van der Waals surface area contributed by atoms with E-state index in [4.69, 9.17) is 0 Å². The summed E-state index contributed by atoms with van der Waals surface area (Å²) in [4.78, 5) is 13.1. The molecule has 2 nitrogen and oxygen atoms in total. The van der Waals surface area contributed by atoms with Gasteiger partial charge in [0.25, 0.3) is 0 Å². The second kappa shape index (κ2) is 3.65. The molecule has 1 aliphatic rings. The summed E-state index contributed by atoms with van der Waals surface area (Å²) in [6.45, 7) is 4.31. The summed E-state index contributed by atoms with van der Waals surface area (Å²) in [5, 5.41) is 0. The molecular weight excluding hydrogens is 193 g/mol. The fourth-order valence-corrected chi connectivity index (χ4v) is 2.11. The fraction of sp³-hybridized carbons (Fsp3) is 0.417. The predicted octanol–water partition coefficient (Wildman–Crippen LogP) is 2.37. The quantitative estimate of drug-likeness (QED) is 0.639. The Hall–Kier alpha value is -1.38. The molecule has 1 amide bonds. The summed E-state index contributed by atoms with van der Waals surface area (Å²) in [6.07, 6.45) is 0.916. The van der Waals surface area contributed by atoms with Crippen molar-refractivity contribution in [3.05, 3.63) is 29.6 Å². The van der Waals surface area contributed by atoms with E-state index in [2.05, 4.69) is 6.92 Å². The highest BCUT2D eigenvalue weighted by Gasteiger charge is 2.24. The monoisotopic (exact) mass is 207 g/mol. The molecule has 0 N–H and O–H groups in total. The molecule has 2 rings (SSSR count). The first-order valence-electron chi connectivity index (χ1n) is 5.14. The van der Waals surface area contributed by atoms with E-state index in [0.717, 1.165) is 17.7 Å². The maximum absolute atomic E-state index is 13.1. The van der Waals surface area contributed by atoms with E-state index in [1.807, 2.05) is 0 Å². The van der Waals surface area contributed by atoms with Gasteiger partial charge < -0.3 is 4.90 Å². The fourth-order valence-electron chi connectivity index (χ4n) is 2.11. The zero-order chi connectivity index (χ0) is 11.0. The zero-order valence-corrected chi connectivity index (χ0v) is 8.96. The van der Waals surface area contributed by atoms with Crippen LogP contribution in [-0.4, -0.2) is 12.5 Å². The number of fused-ring (bicyclic) bond motifs is 1. The average molecular weight is 207 g/mol. The SMILES string of the molecule is CC(=O)N1C[C@H](C)Cc2ccc(F)cc21. The Labute approximate surface area is 88.7 Å². The first-order valence-corrected chi connectivity index (χ1v) is 5.14. The van der Waals surface area contributed by atoms with Gasteiger partial charge in [-0.15, -0.1) is 0 Å². The van der Waals surface area contributed by atoms with Crippen molar-refractivity contribution in [1.82, 2.24) is 0 Å². The number of amides is 1. The summed E-state index contributed by atoms with van der Waals surface area (Å²) < 4.78 is 13.1. The van der Waals surface area contributed by atoms with Crippen molar-refractivity contribution in [3.63, 3.8) is 0 Å². The van der Waals surface area contributed by atoms with Crippen LogP contribution in [0.3, 0.4) is 0 Å². The van der Waals surface area contributed by atoms with Gasteiger partial charge in [0.05, 0.1) is 0 Å². The third-order valence-electron chi connectivity index (χ3n) is 2.78. The Kier molecular flexibility index (Phi) is 2.47. The maximum Gasteiger partial charge on any atom is 0.223 e. The molecule has 0 saturated heterocycles. The van der Waals surface area contributed by atoms with Crippen molar-refractivity contribution in [2.24, 2.45) is 5.92 Å². The zero-order valence-electron chi connectivity index (χ0n) is 8.96. The molecule has 0 bridgehead atoms. The molecule has 1 aliphatic heterocycles. The largest absolute Gasteiger partial charge is 0.312 e. The van der Waals surface area contributed by atoms with Crippen LogP contribution in [0.1, 0.15) is 19.4 Å². The number of benzene rings is 1. The van der Waals surface area contributed by atoms with Crippen molar-refractivity contribution < 1.29 is 9.18 Å². The Morgan fingerprint density at radius 3 is 2.93 bits per heavy atom. The number of carbonyl (C=O) groups is 1. The van der Waals surface area contributed by atoms with Crippen LogP contribution in [0, 0.1) is 11.7 Å². The molecule has 1 aromatic rings. The second-order valence-corrected chi connectivity index (χ2v) is 4.21. The second-order valence-electron chi connectivity index (χ2n) is 4.21. The van der Waals surface area contributed by atoms with Gasteiger partial charge in [0.1, 0.15) is 5.82 Å². The number of halogens is 1. The van der Waals surface area contributed by atoms with Crippen molar-refractivity contribution in [1.29, 1.82) is 0 Å². The Morgan fingerprint density at radius 2 is 2.27 bits per heavy atom. The van der Waals surface area contributed by atoms with Crippen LogP contribution >= 0.6 is 0 Å². The lowest BCUT2D eigenvalue weighted by molar-refractivity contribution is -0.116. The number of rotatable bonds is 0. The third kappa shape index (κ3) is 1.87. The van der Waals surface area contributed by atoms with Crippen molar-refractivity contribution in [3.8, 4) is 0 Å². The van der Waals surface area contributed by atoms with Gasteiger partial charge in [-0.2, -0.15) is 0 Å². The minimum Gasteiger partial charge on any atom is -0.312 e. The first-order chi connectivity index (χ1) is 7.08. The minimum atomic E-state index is -0.283. The van der Waals surface area contributed by atoms with Gasteiger partial charge in [-0.25, -0.2) is 4.39 Å². The number of hydrogen-bond acceptors (Lipinski definition) is 1. The van der Waals surface area contributed by atoms with Gasteiger partial charge in [0.15, 0.2) is 0 Å². The first kappa shape index (κ1) is 10.1. The highest BCUT2D eigenvalue weighted by atomic mass is 19.1. The van der Waals surface area contributed by atoms with Crippen molar-refractivity contribution in [2.45, 2.75) is 20.3 Å². The molecule has 0 spiro atoms. The van der Waals surface area contributed by atoms with E-state index < -0.39 is 0 Å². The average Bonchev–Trinajstić information content (AvgIpc) is 2.17. The van der Waals surface area contributed by atoms with Gasteiger partial charge in [0.2, 0.25) is 5.91 Å². The summed E-state index contributed by atoms with van der Waals surface area (Å²) in [6, 6.07) is 4.67. The Morgan fingerprint density at radius 1 is 1.53 bits per heavy atom. The van der Waals surface area contributed by atoms with Gasteiger partial charge in [-0.1, -0.05) is 13.0 Å². The molecule has 0 unspecified atom stereocenters. The molecular formula is C12H14FNO. The van der Waals surface area contributed by atoms with Gasteiger partial charge in [0, 0.05) is 19.2 Å². The molecule has 1 atom stereocenters. The minimum absolute atomic E-state index is 0.0200. The van der Waals surface area contributed by atoms with E-state index in [1.54, 1.807) is 11.0 Å². The maximum atomic E-state index is 13.1. The van der Waals surface area contributed by atoms with Crippen LogP contribution in [0.2, 0.25) is 0 Å². The van der Waals surface area contributed by atoms with Crippen LogP contribution in [0.5, 0.6) is 0 Å². The molecule has 80 valence electrons. The van der Waals surface area contributed by atoms with Crippen molar-refractivity contribution >= 4 is 11.6 Å². The summed E-state index contributed by atoms with van der Waals surface area (Å²) in [5.74, 6) is 0.134. The molecule has 15 heavy (non-hydrogen) atoms. The predicted molar refractivity (Wildman–Crippen MR) is 57.3 cm³/mol. The van der Waals surface area contributed by atoms with Gasteiger partial charge >= 0.3 is 0 Å². The molecule has 1 heterocycles. The van der Waals surface area contributed by atoms with Crippen LogP contribution in [0.25, 0.3) is 0 Å². The standard InChI is InChI=1S/C12H14FNO/c1-8-5-10-3-4-11(13)6-12(10)14(7-8)9(2)15/h3-4,6,8H,5,7H2,1-2H3/t8-/m1/s1. The number of carbonyl (C=O) groups excluding carboxylic acids is 1. The normalized spacial score (nSPS) is 19.9. The molecule has 0 fully saturated rings. The van der Waals surface area contributed by atoms with E-state index in [0.29, 0.717) is 12.5 Å². The van der Waals surface area contributed by atoms with Crippen LogP contribution in [0.4, 0.5) is 10.1 Å². The van der Waals surface area contributed by atoms with Crippen LogP contribution in [-0.2, 0) is 11.2 Å². The van der Waals surface area contributed by atoms with Crippen LogP contribution < -0.4 is 4.90 Å². The van der Waals surface area contributed by atoms with E-state index in [-0.39, 0.29) is 11.7 Å². The molecule has 1 aromatic carbocycles. The summed E-state index contributed by atoms with van der Waals surface area (Å²) >= 11 is 0. The van der Waals surface area contributed by atoms with Gasteiger partial charge in [-0.05, 0) is 30.0 Å². The Balaban J connectivity index is 2.47. The molecule has 0 saturated carbocycles. The van der Waals surface area contributed by atoms with E-state index in [9.17, 15) is 9.18 Å². The van der Waals surface area contributed by atoms with Crippen molar-refractivity contribution in [2.75, 3.05) is 11.4 Å². The molecule has 0 aliphatic carbocycles. The van der Waals surface area contributed by atoms with Crippen LogP contribution in [0.15, 0.2) is 18.2 Å². The lowest BCUT2D eigenvalue weighted by Crippen LogP contribution is -2.37. The number of anilines is 1. The summed E-state index contributed by atoms with van der Waals surface area (Å²) in [7, 11) is 0. The smallest absolute Gasteiger partial charge is 0.223 e. The molecule has 0 radical (unpaired) electrons. The van der Waals surface area contributed by atoms with Gasteiger partial charge in [-0.3, -0.25) is 4.79 Å². The van der Waals surface area contributed by atoms with E-state index in [1.165, 1.54) is 19.1 Å². The number of nitrogens with zero attached hydrogens (tertiary/aromatic N) is 1. The molecule has 3 heteroatoms. The molecule has 0 aromatic heterocycles. The third-order valence-corrected chi connectivity index (χ3v) is 2.78.